The van der Waals surface area contributed by atoms with E-state index < -0.39 is 0 Å². The molecule has 16 heavy (non-hydrogen) atoms. The lowest BCUT2D eigenvalue weighted by atomic mass is 9.54. The molecular formula is C15H24O. The van der Waals surface area contributed by atoms with E-state index in [0.29, 0.717) is 11.7 Å². The Balaban J connectivity index is 2.36. The normalized spacial score (nSPS) is 38.6. The summed E-state index contributed by atoms with van der Waals surface area (Å²) in [5.41, 5.74) is 3.13. The molecule has 0 heterocycles. The fraction of sp³-hybridized carbons (Fsp3) is 0.800. The van der Waals surface area contributed by atoms with Crippen LogP contribution in [0.4, 0.5) is 0 Å². The summed E-state index contributed by atoms with van der Waals surface area (Å²) in [5.74, 6) is 1.08. The van der Waals surface area contributed by atoms with Crippen LogP contribution in [0.3, 0.4) is 0 Å². The Morgan fingerprint density at radius 2 is 1.69 bits per heavy atom. The van der Waals surface area contributed by atoms with Gasteiger partial charge in [0.05, 0.1) is 0 Å². The minimum absolute atomic E-state index is 0.0564. The molecule has 0 bridgehead atoms. The van der Waals surface area contributed by atoms with E-state index in [0.717, 1.165) is 19.3 Å². The predicted octanol–water partition coefficient (Wildman–Crippen LogP) is 4.13. The zero-order valence-corrected chi connectivity index (χ0v) is 11.3. The Kier molecular flexibility index (Phi) is 2.56. The third-order valence-corrected chi connectivity index (χ3v) is 4.89. The van der Waals surface area contributed by atoms with Crippen molar-refractivity contribution >= 4 is 5.78 Å². The van der Waals surface area contributed by atoms with Crippen molar-refractivity contribution < 1.29 is 4.79 Å². The lowest BCUT2D eigenvalue weighted by Crippen LogP contribution is -2.47. The van der Waals surface area contributed by atoms with Gasteiger partial charge in [0, 0.05) is 11.8 Å². The zero-order chi connectivity index (χ0) is 12.1. The third-order valence-electron chi connectivity index (χ3n) is 4.89. The molecule has 0 unspecified atom stereocenters. The molecule has 90 valence electrons. The van der Waals surface area contributed by atoms with Crippen LogP contribution in [0.5, 0.6) is 0 Å². The smallest absolute Gasteiger partial charge is 0.139 e. The summed E-state index contributed by atoms with van der Waals surface area (Å²) < 4.78 is 0. The Bertz CT molecular complexity index is 362. The monoisotopic (exact) mass is 220 g/mol. The molecule has 0 N–H and O–H groups in total. The molecule has 0 saturated heterocycles. The number of fused-ring (bicyclic) bond motifs is 1. The van der Waals surface area contributed by atoms with Crippen LogP contribution in [0.1, 0.15) is 60.3 Å². The van der Waals surface area contributed by atoms with Crippen LogP contribution in [-0.4, -0.2) is 5.78 Å². The van der Waals surface area contributed by atoms with Gasteiger partial charge in [-0.25, -0.2) is 0 Å². The van der Waals surface area contributed by atoms with E-state index in [9.17, 15) is 4.79 Å². The summed E-state index contributed by atoms with van der Waals surface area (Å²) in [6.45, 7) is 11.1. The Morgan fingerprint density at radius 3 is 2.31 bits per heavy atom. The van der Waals surface area contributed by atoms with Crippen molar-refractivity contribution in [2.75, 3.05) is 0 Å². The molecule has 0 amide bonds. The van der Waals surface area contributed by atoms with Crippen LogP contribution in [0.25, 0.3) is 0 Å². The summed E-state index contributed by atoms with van der Waals surface area (Å²) in [5, 5.41) is 0. The van der Waals surface area contributed by atoms with E-state index in [1.54, 1.807) is 0 Å². The SMILES string of the molecule is CC1=C(C)C[C@@]2(C)C(=O)CC(C)(C)C[C@@H]2C1. The second kappa shape index (κ2) is 3.45. The van der Waals surface area contributed by atoms with Gasteiger partial charge in [0.25, 0.3) is 0 Å². The molecule has 2 atom stereocenters. The highest BCUT2D eigenvalue weighted by Crippen LogP contribution is 2.54. The minimum atomic E-state index is -0.0564. The van der Waals surface area contributed by atoms with Crippen LogP contribution in [0.2, 0.25) is 0 Å². The summed E-state index contributed by atoms with van der Waals surface area (Å²) >= 11 is 0. The van der Waals surface area contributed by atoms with Crippen molar-refractivity contribution in [3.05, 3.63) is 11.1 Å². The zero-order valence-electron chi connectivity index (χ0n) is 11.3. The molecule has 0 aliphatic heterocycles. The van der Waals surface area contributed by atoms with Crippen molar-refractivity contribution in [1.29, 1.82) is 0 Å². The van der Waals surface area contributed by atoms with Gasteiger partial charge in [-0.2, -0.15) is 0 Å². The van der Waals surface area contributed by atoms with Crippen molar-refractivity contribution in [3.8, 4) is 0 Å². The molecule has 1 saturated carbocycles. The second-order valence-electron chi connectivity index (χ2n) is 7.02. The topological polar surface area (TPSA) is 17.1 Å². The highest BCUT2D eigenvalue weighted by Gasteiger charge is 2.50. The lowest BCUT2D eigenvalue weighted by molar-refractivity contribution is -0.139. The first kappa shape index (κ1) is 11.9. The predicted molar refractivity (Wildman–Crippen MR) is 67.2 cm³/mol. The van der Waals surface area contributed by atoms with Gasteiger partial charge in [-0.3, -0.25) is 4.79 Å². The molecule has 0 aromatic carbocycles. The number of Topliss-reactive ketones (excluding diaryl/α,β-unsaturated/α-hetero) is 1. The lowest BCUT2D eigenvalue weighted by Gasteiger charge is -2.49. The number of allylic oxidation sites excluding steroid dienone is 2. The molecule has 1 fully saturated rings. The van der Waals surface area contributed by atoms with Crippen LogP contribution in [0.15, 0.2) is 11.1 Å². The first-order valence-corrected chi connectivity index (χ1v) is 6.43. The van der Waals surface area contributed by atoms with Gasteiger partial charge in [-0.05, 0) is 44.4 Å². The highest BCUT2D eigenvalue weighted by molar-refractivity contribution is 5.86. The third kappa shape index (κ3) is 1.74. The number of hydrogen-bond donors (Lipinski definition) is 0. The molecule has 1 heteroatoms. The molecule has 2 aliphatic carbocycles. The van der Waals surface area contributed by atoms with Gasteiger partial charge in [0.2, 0.25) is 0 Å². The maximum Gasteiger partial charge on any atom is 0.139 e. The van der Waals surface area contributed by atoms with Crippen molar-refractivity contribution in [3.63, 3.8) is 0 Å². The quantitative estimate of drug-likeness (QED) is 0.561. The Morgan fingerprint density at radius 1 is 1.06 bits per heavy atom. The van der Waals surface area contributed by atoms with Gasteiger partial charge < -0.3 is 0 Å². The molecule has 1 nitrogen and oxygen atoms in total. The van der Waals surface area contributed by atoms with Crippen LogP contribution >= 0.6 is 0 Å². The van der Waals surface area contributed by atoms with E-state index in [2.05, 4.69) is 34.6 Å². The van der Waals surface area contributed by atoms with Gasteiger partial charge in [0.15, 0.2) is 0 Å². The fourth-order valence-electron chi connectivity index (χ4n) is 3.61. The number of ketones is 1. The van der Waals surface area contributed by atoms with Crippen LogP contribution in [-0.2, 0) is 4.79 Å². The molecule has 0 spiro atoms. The summed E-state index contributed by atoms with van der Waals surface area (Å²) in [6.07, 6.45) is 4.11. The van der Waals surface area contributed by atoms with Gasteiger partial charge in [0.1, 0.15) is 5.78 Å². The van der Waals surface area contributed by atoms with Gasteiger partial charge >= 0.3 is 0 Å². The summed E-state index contributed by atoms with van der Waals surface area (Å²) in [4.78, 5) is 12.4. The minimum Gasteiger partial charge on any atom is -0.299 e. The summed E-state index contributed by atoms with van der Waals surface area (Å²) in [7, 11) is 0. The first-order valence-electron chi connectivity index (χ1n) is 6.43. The van der Waals surface area contributed by atoms with Crippen molar-refractivity contribution in [1.82, 2.24) is 0 Å². The van der Waals surface area contributed by atoms with E-state index in [4.69, 9.17) is 0 Å². The molecule has 2 rings (SSSR count). The molecular weight excluding hydrogens is 196 g/mol. The van der Waals surface area contributed by atoms with Gasteiger partial charge in [-0.15, -0.1) is 0 Å². The average Bonchev–Trinajstić information content (AvgIpc) is 2.11. The standard InChI is InChI=1S/C15H24O/c1-10-6-12-8-14(3,4)9-13(16)15(12,5)7-11(10)2/h12H,6-9H2,1-5H3/t12-,15+/m0/s1. The maximum absolute atomic E-state index is 12.4. The Labute approximate surface area is 99.3 Å². The van der Waals surface area contributed by atoms with Crippen molar-refractivity contribution in [2.24, 2.45) is 16.7 Å². The molecule has 0 aromatic rings. The number of hydrogen-bond acceptors (Lipinski definition) is 1. The second-order valence-corrected chi connectivity index (χ2v) is 7.02. The van der Waals surface area contributed by atoms with Gasteiger partial charge in [-0.1, -0.05) is 31.9 Å². The maximum atomic E-state index is 12.4. The number of carbonyl (C=O) groups is 1. The van der Waals surface area contributed by atoms with Crippen LogP contribution < -0.4 is 0 Å². The number of rotatable bonds is 0. The van der Waals surface area contributed by atoms with Crippen molar-refractivity contribution in [2.45, 2.75) is 60.3 Å². The molecule has 0 aromatic heterocycles. The van der Waals surface area contributed by atoms with E-state index in [1.165, 1.54) is 17.6 Å². The van der Waals surface area contributed by atoms with E-state index in [-0.39, 0.29) is 10.8 Å². The largest absolute Gasteiger partial charge is 0.299 e. The Hall–Kier alpha value is -0.590. The number of carbonyl (C=O) groups excluding carboxylic acids is 1. The van der Waals surface area contributed by atoms with Crippen LogP contribution in [0, 0.1) is 16.7 Å². The highest BCUT2D eigenvalue weighted by atomic mass is 16.1. The molecule has 2 aliphatic rings. The summed E-state index contributed by atoms with van der Waals surface area (Å²) in [6, 6.07) is 0. The average molecular weight is 220 g/mol. The fourth-order valence-corrected chi connectivity index (χ4v) is 3.61. The molecule has 0 radical (unpaired) electrons. The first-order chi connectivity index (χ1) is 7.24. The van der Waals surface area contributed by atoms with E-state index >= 15 is 0 Å². The van der Waals surface area contributed by atoms with E-state index in [1.807, 2.05) is 0 Å².